The van der Waals surface area contributed by atoms with Gasteiger partial charge in [-0.1, -0.05) is 15.9 Å². The summed E-state index contributed by atoms with van der Waals surface area (Å²) in [5, 5.41) is 2.72. The predicted molar refractivity (Wildman–Crippen MR) is 69.8 cm³/mol. The number of rotatable bonds is 5. The molecule has 0 atom stereocenters. The molecule has 0 saturated carbocycles. The van der Waals surface area contributed by atoms with Gasteiger partial charge in [0.15, 0.2) is 0 Å². The summed E-state index contributed by atoms with van der Waals surface area (Å²) in [6, 6.07) is 7.68. The molecule has 0 radical (unpaired) electrons. The van der Waals surface area contributed by atoms with E-state index in [0.29, 0.717) is 12.2 Å². The first-order valence-corrected chi connectivity index (χ1v) is 6.41. The van der Waals surface area contributed by atoms with Gasteiger partial charge in [-0.05, 0) is 24.3 Å². The molecule has 0 spiro atoms. The Morgan fingerprint density at radius 1 is 1.25 bits per heavy atom. The van der Waals surface area contributed by atoms with Crippen LogP contribution in [0.15, 0.2) is 28.7 Å². The zero-order valence-corrected chi connectivity index (χ0v) is 11.5. The highest BCUT2D eigenvalue weighted by Crippen LogP contribution is 2.10. The van der Waals surface area contributed by atoms with E-state index in [-0.39, 0.29) is 17.9 Å². The fourth-order valence-electron chi connectivity index (χ4n) is 1.00. The van der Waals surface area contributed by atoms with Crippen molar-refractivity contribution in [3.8, 4) is 0 Å². The molecule has 0 aliphatic heterocycles. The summed E-state index contributed by atoms with van der Waals surface area (Å²) in [5.74, 6) is -0.146. The number of alkyl halides is 2. The monoisotopic (exact) mass is 324 g/mol. The first-order valence-electron chi connectivity index (χ1n) is 4.55. The van der Waals surface area contributed by atoms with Crippen molar-refractivity contribution in [3.05, 3.63) is 34.3 Å². The van der Waals surface area contributed by atoms with E-state index in [0.717, 1.165) is 4.47 Å². The molecule has 1 aromatic rings. The third-order valence-corrected chi connectivity index (χ3v) is 3.11. The second-order valence-electron chi connectivity index (χ2n) is 3.08. The van der Waals surface area contributed by atoms with E-state index in [2.05, 4.69) is 21.2 Å². The minimum atomic E-state index is -0.146. The van der Waals surface area contributed by atoms with Crippen LogP contribution in [0.2, 0.25) is 0 Å². The van der Waals surface area contributed by atoms with Crippen molar-refractivity contribution in [2.24, 2.45) is 0 Å². The third-order valence-electron chi connectivity index (χ3n) is 1.91. The van der Waals surface area contributed by atoms with Crippen LogP contribution < -0.4 is 5.32 Å². The smallest absolute Gasteiger partial charge is 0.252 e. The summed E-state index contributed by atoms with van der Waals surface area (Å²) in [5.41, 5.74) is 0.604. The largest absolute Gasteiger partial charge is 0.339 e. The fraction of sp³-hybridized carbons (Fsp3) is 0.300. The van der Waals surface area contributed by atoms with Crippen LogP contribution in [0.1, 0.15) is 10.4 Å². The van der Waals surface area contributed by atoms with Crippen LogP contribution in [0.4, 0.5) is 0 Å². The molecule has 1 aromatic carbocycles. The number of hydrogen-bond donors (Lipinski definition) is 1. The Kier molecular flexibility index (Phi) is 6.13. The first kappa shape index (κ1) is 13.8. The molecule has 0 bridgehead atoms. The maximum absolute atomic E-state index is 11.7. The van der Waals surface area contributed by atoms with Gasteiger partial charge >= 0.3 is 0 Å². The van der Waals surface area contributed by atoms with Gasteiger partial charge in [0, 0.05) is 10.0 Å². The number of amides is 1. The Balaban J connectivity index is 2.49. The van der Waals surface area contributed by atoms with E-state index in [1.165, 1.54) is 0 Å². The number of carbonyl (C=O) groups is 1. The molecule has 0 fully saturated rings. The first-order chi connectivity index (χ1) is 7.67. The number of nitrogens with zero attached hydrogens (tertiary/aromatic N) is 1. The van der Waals surface area contributed by atoms with Crippen molar-refractivity contribution in [1.82, 2.24) is 10.2 Å². The molecule has 0 heterocycles. The molecule has 0 aliphatic carbocycles. The average Bonchev–Trinajstić information content (AvgIpc) is 2.31. The lowest BCUT2D eigenvalue weighted by atomic mass is 10.2. The molecule has 3 nitrogen and oxygen atoms in total. The Morgan fingerprint density at radius 2 is 1.81 bits per heavy atom. The van der Waals surface area contributed by atoms with Crippen molar-refractivity contribution in [1.29, 1.82) is 0 Å². The van der Waals surface area contributed by atoms with Crippen LogP contribution in [0.3, 0.4) is 0 Å². The van der Waals surface area contributed by atoms with Crippen molar-refractivity contribution in [2.45, 2.75) is 0 Å². The second kappa shape index (κ2) is 7.12. The van der Waals surface area contributed by atoms with Crippen LogP contribution in [-0.4, -0.2) is 29.5 Å². The summed E-state index contributed by atoms with van der Waals surface area (Å²) in [6.07, 6.45) is 0. The molecule has 1 rings (SSSR count). The highest BCUT2D eigenvalue weighted by molar-refractivity contribution is 9.10. The minimum Gasteiger partial charge on any atom is -0.339 e. The van der Waals surface area contributed by atoms with Gasteiger partial charge < -0.3 is 5.32 Å². The second-order valence-corrected chi connectivity index (χ2v) is 4.47. The van der Waals surface area contributed by atoms with Crippen LogP contribution in [-0.2, 0) is 0 Å². The Hall–Kier alpha value is -0.290. The van der Waals surface area contributed by atoms with Crippen molar-refractivity contribution in [2.75, 3.05) is 18.7 Å². The molecular formula is C10H11BrCl2N2O. The number of halogens is 3. The predicted octanol–water partition coefficient (Wildman–Crippen LogP) is 2.83. The Bertz CT molecular complexity index is 341. The summed E-state index contributed by atoms with van der Waals surface area (Å²) >= 11 is 14.5. The summed E-state index contributed by atoms with van der Waals surface area (Å²) in [7, 11) is 0. The minimum absolute atomic E-state index is 0.146. The summed E-state index contributed by atoms with van der Waals surface area (Å²) in [4.78, 5) is 13.3. The molecule has 0 aliphatic rings. The quantitative estimate of drug-likeness (QED) is 0.513. The van der Waals surface area contributed by atoms with Crippen molar-refractivity contribution in [3.63, 3.8) is 0 Å². The van der Waals surface area contributed by atoms with Crippen molar-refractivity contribution >= 4 is 45.0 Å². The van der Waals surface area contributed by atoms with Gasteiger partial charge in [0.2, 0.25) is 0 Å². The van der Waals surface area contributed by atoms with Crippen LogP contribution in [0.25, 0.3) is 0 Å². The molecule has 16 heavy (non-hydrogen) atoms. The number of benzene rings is 1. The molecule has 0 aromatic heterocycles. The van der Waals surface area contributed by atoms with Crippen LogP contribution >= 0.6 is 39.1 Å². The van der Waals surface area contributed by atoms with E-state index in [9.17, 15) is 4.79 Å². The fourth-order valence-corrected chi connectivity index (χ4v) is 1.69. The summed E-state index contributed by atoms with van der Waals surface area (Å²) in [6.45, 7) is 0.335. The third kappa shape index (κ3) is 4.29. The molecule has 1 amide bonds. The van der Waals surface area contributed by atoms with Gasteiger partial charge in [0.25, 0.3) is 5.91 Å². The number of carbonyl (C=O) groups excluding carboxylic acids is 1. The van der Waals surface area contributed by atoms with Gasteiger partial charge in [0.1, 0.15) is 0 Å². The lowest BCUT2D eigenvalue weighted by Crippen LogP contribution is -2.36. The van der Waals surface area contributed by atoms with Gasteiger partial charge in [-0.3, -0.25) is 9.69 Å². The molecular weight excluding hydrogens is 315 g/mol. The lowest BCUT2D eigenvalue weighted by Gasteiger charge is -2.16. The Labute approximate surface area is 113 Å². The van der Waals surface area contributed by atoms with E-state index >= 15 is 0 Å². The SMILES string of the molecule is O=C(NCN(CCl)CCl)c1ccc(Br)cc1. The normalized spacial score (nSPS) is 10.5. The van der Waals surface area contributed by atoms with Crippen molar-refractivity contribution < 1.29 is 4.79 Å². The van der Waals surface area contributed by atoms with Gasteiger partial charge in [0.05, 0.1) is 18.7 Å². The molecule has 0 saturated heterocycles. The standard InChI is InChI=1S/C10H11BrCl2N2O/c11-9-3-1-8(2-4-9)10(16)14-7-15(5-12)6-13/h1-4H,5-7H2,(H,14,16). The van der Waals surface area contributed by atoms with E-state index in [1.807, 2.05) is 12.1 Å². The molecule has 1 N–H and O–H groups in total. The van der Waals surface area contributed by atoms with Gasteiger partial charge in [-0.25, -0.2) is 0 Å². The molecule has 0 unspecified atom stereocenters. The zero-order valence-electron chi connectivity index (χ0n) is 8.42. The van der Waals surface area contributed by atoms with Crippen LogP contribution in [0.5, 0.6) is 0 Å². The zero-order chi connectivity index (χ0) is 12.0. The average molecular weight is 326 g/mol. The Morgan fingerprint density at radius 3 is 2.31 bits per heavy atom. The van der Waals surface area contributed by atoms with E-state index in [4.69, 9.17) is 23.2 Å². The van der Waals surface area contributed by atoms with Gasteiger partial charge in [-0.2, -0.15) is 0 Å². The topological polar surface area (TPSA) is 32.3 Å². The molecule has 88 valence electrons. The maximum Gasteiger partial charge on any atom is 0.252 e. The molecule has 6 heteroatoms. The highest BCUT2D eigenvalue weighted by Gasteiger charge is 2.06. The number of nitrogens with one attached hydrogen (secondary N) is 1. The van der Waals surface area contributed by atoms with E-state index in [1.54, 1.807) is 17.0 Å². The van der Waals surface area contributed by atoms with E-state index < -0.39 is 0 Å². The maximum atomic E-state index is 11.7. The lowest BCUT2D eigenvalue weighted by molar-refractivity contribution is 0.0932. The summed E-state index contributed by atoms with van der Waals surface area (Å²) < 4.78 is 0.937. The number of hydrogen-bond acceptors (Lipinski definition) is 2. The highest BCUT2D eigenvalue weighted by atomic mass is 79.9. The van der Waals surface area contributed by atoms with Crippen LogP contribution in [0, 0.1) is 0 Å². The van der Waals surface area contributed by atoms with Gasteiger partial charge in [-0.15, -0.1) is 23.2 Å².